The van der Waals surface area contributed by atoms with Crippen molar-refractivity contribution in [2.75, 3.05) is 0 Å². The van der Waals surface area contributed by atoms with Crippen LogP contribution in [0.2, 0.25) is 0 Å². The lowest BCUT2D eigenvalue weighted by atomic mass is 10.1. The van der Waals surface area contributed by atoms with Gasteiger partial charge in [-0.2, -0.15) is 0 Å². The van der Waals surface area contributed by atoms with Gasteiger partial charge in [0.15, 0.2) is 0 Å². The molecule has 0 saturated heterocycles. The fourth-order valence-electron chi connectivity index (χ4n) is 1.20. The normalized spacial score (nSPS) is 11.5. The molecular formula is C14H17. The zero-order valence-corrected chi connectivity index (χ0v) is 8.69. The molecule has 0 bridgehead atoms. The van der Waals surface area contributed by atoms with E-state index in [1.807, 2.05) is 13.0 Å². The summed E-state index contributed by atoms with van der Waals surface area (Å²) < 4.78 is 0. The maximum atomic E-state index is 2.23. The summed E-state index contributed by atoms with van der Waals surface area (Å²) in [5.74, 6) is 0. The minimum absolute atomic E-state index is 1.02. The van der Waals surface area contributed by atoms with Crippen molar-refractivity contribution in [2.45, 2.75) is 19.8 Å². The molecule has 1 radical (unpaired) electrons. The smallest absolute Gasteiger partial charge is 0.00556 e. The van der Waals surface area contributed by atoms with E-state index in [0.29, 0.717) is 0 Å². The minimum Gasteiger partial charge on any atom is -0.0914 e. The second-order valence-electron chi connectivity index (χ2n) is 3.13. The molecular weight excluding hydrogens is 168 g/mol. The quantitative estimate of drug-likeness (QED) is 0.604. The Hall–Kier alpha value is -1.30. The molecule has 0 aliphatic rings. The molecule has 0 unspecified atom stereocenters. The minimum atomic E-state index is 1.02. The number of rotatable bonds is 5. The first-order chi connectivity index (χ1) is 6.93. The van der Waals surface area contributed by atoms with E-state index in [1.54, 1.807) is 0 Å². The summed E-state index contributed by atoms with van der Waals surface area (Å²) in [7, 11) is 0. The van der Waals surface area contributed by atoms with E-state index in [0.717, 1.165) is 12.8 Å². The molecule has 0 aromatic heterocycles. The van der Waals surface area contributed by atoms with Crippen LogP contribution in [0.25, 0.3) is 0 Å². The Bertz CT molecular complexity index is 280. The van der Waals surface area contributed by atoms with Crippen molar-refractivity contribution in [3.05, 3.63) is 66.6 Å². The van der Waals surface area contributed by atoms with Gasteiger partial charge in [0.05, 0.1) is 0 Å². The summed E-state index contributed by atoms with van der Waals surface area (Å²) in [4.78, 5) is 0. The lowest BCUT2D eigenvalue weighted by Crippen LogP contribution is -1.77. The summed E-state index contributed by atoms with van der Waals surface area (Å²) in [6.45, 7) is 2.05. The Labute approximate surface area is 87.0 Å². The van der Waals surface area contributed by atoms with Gasteiger partial charge in [0, 0.05) is 0 Å². The van der Waals surface area contributed by atoms with E-state index in [1.165, 1.54) is 5.56 Å². The van der Waals surface area contributed by atoms with Gasteiger partial charge < -0.3 is 0 Å². The Balaban J connectivity index is 2.19. The van der Waals surface area contributed by atoms with Gasteiger partial charge in [0.25, 0.3) is 0 Å². The molecule has 0 fully saturated rings. The predicted molar refractivity (Wildman–Crippen MR) is 63.0 cm³/mol. The van der Waals surface area contributed by atoms with Crippen LogP contribution in [0.4, 0.5) is 0 Å². The molecule has 0 heteroatoms. The van der Waals surface area contributed by atoms with E-state index < -0.39 is 0 Å². The van der Waals surface area contributed by atoms with Crippen LogP contribution >= 0.6 is 0 Å². The molecule has 0 aliphatic heterocycles. The maximum absolute atomic E-state index is 2.23. The average Bonchev–Trinajstić information content (AvgIpc) is 2.25. The van der Waals surface area contributed by atoms with Gasteiger partial charge in [-0.15, -0.1) is 0 Å². The summed E-state index contributed by atoms with van der Waals surface area (Å²) in [6.07, 6.45) is 12.9. The molecule has 0 amide bonds. The van der Waals surface area contributed by atoms with Crippen LogP contribution < -0.4 is 0 Å². The van der Waals surface area contributed by atoms with Crippen LogP contribution in [0, 0.1) is 6.42 Å². The molecule has 0 aliphatic carbocycles. The van der Waals surface area contributed by atoms with E-state index >= 15 is 0 Å². The number of allylic oxidation sites excluding steroid dienone is 4. The summed E-state index contributed by atoms with van der Waals surface area (Å²) >= 11 is 0. The molecule has 0 atom stereocenters. The third-order valence-electron chi connectivity index (χ3n) is 1.96. The van der Waals surface area contributed by atoms with Gasteiger partial charge >= 0.3 is 0 Å². The average molecular weight is 185 g/mol. The van der Waals surface area contributed by atoms with Crippen LogP contribution in [0.1, 0.15) is 25.3 Å². The largest absolute Gasteiger partial charge is 0.0914 e. The van der Waals surface area contributed by atoms with Crippen LogP contribution in [0.5, 0.6) is 0 Å². The van der Waals surface area contributed by atoms with Crippen molar-refractivity contribution in [3.8, 4) is 0 Å². The van der Waals surface area contributed by atoms with E-state index in [2.05, 4.69) is 55.0 Å². The molecule has 0 N–H and O–H groups in total. The lowest BCUT2D eigenvalue weighted by Gasteiger charge is -1.95. The highest BCUT2D eigenvalue weighted by Crippen LogP contribution is 2.05. The molecule has 0 spiro atoms. The Kier molecular flexibility index (Phi) is 5.49. The highest BCUT2D eigenvalue weighted by molar-refractivity contribution is 5.23. The number of benzene rings is 1. The second-order valence-corrected chi connectivity index (χ2v) is 3.13. The summed E-state index contributed by atoms with van der Waals surface area (Å²) in [5.41, 5.74) is 1.29. The van der Waals surface area contributed by atoms with Crippen LogP contribution in [-0.2, 0) is 0 Å². The first-order valence-corrected chi connectivity index (χ1v) is 5.08. The second kappa shape index (κ2) is 7.14. The van der Waals surface area contributed by atoms with Gasteiger partial charge in [-0.1, -0.05) is 54.6 Å². The highest BCUT2D eigenvalue weighted by atomic mass is 13.9. The molecule has 1 aromatic carbocycles. The van der Waals surface area contributed by atoms with Gasteiger partial charge in [-0.25, -0.2) is 0 Å². The van der Waals surface area contributed by atoms with Gasteiger partial charge in [-0.05, 0) is 31.7 Å². The van der Waals surface area contributed by atoms with E-state index in [-0.39, 0.29) is 0 Å². The van der Waals surface area contributed by atoms with Crippen molar-refractivity contribution >= 4 is 0 Å². The first kappa shape index (κ1) is 10.8. The molecule has 14 heavy (non-hydrogen) atoms. The zero-order chi connectivity index (χ0) is 10.1. The maximum Gasteiger partial charge on any atom is -0.00556 e. The Morgan fingerprint density at radius 3 is 2.36 bits per heavy atom. The third kappa shape index (κ3) is 4.66. The topological polar surface area (TPSA) is 0 Å². The van der Waals surface area contributed by atoms with E-state index in [9.17, 15) is 0 Å². The monoisotopic (exact) mass is 185 g/mol. The van der Waals surface area contributed by atoms with Crippen LogP contribution in [0.15, 0.2) is 54.6 Å². The predicted octanol–water partition coefficient (Wildman–Crippen LogP) is 4.15. The van der Waals surface area contributed by atoms with Crippen LogP contribution in [0.3, 0.4) is 0 Å². The van der Waals surface area contributed by atoms with Crippen LogP contribution in [-0.4, -0.2) is 0 Å². The number of hydrogen-bond acceptors (Lipinski definition) is 0. The molecule has 73 valence electrons. The Morgan fingerprint density at radius 2 is 1.64 bits per heavy atom. The van der Waals surface area contributed by atoms with Gasteiger partial charge in [-0.3, -0.25) is 0 Å². The van der Waals surface area contributed by atoms with E-state index in [4.69, 9.17) is 0 Å². The van der Waals surface area contributed by atoms with Crippen molar-refractivity contribution in [2.24, 2.45) is 0 Å². The highest BCUT2D eigenvalue weighted by Gasteiger charge is 1.87. The summed E-state index contributed by atoms with van der Waals surface area (Å²) in [5, 5.41) is 0. The molecule has 1 aromatic rings. The zero-order valence-electron chi connectivity index (χ0n) is 8.69. The van der Waals surface area contributed by atoms with Crippen molar-refractivity contribution in [1.29, 1.82) is 0 Å². The van der Waals surface area contributed by atoms with Crippen molar-refractivity contribution in [1.82, 2.24) is 0 Å². The first-order valence-electron chi connectivity index (χ1n) is 5.08. The van der Waals surface area contributed by atoms with Crippen molar-refractivity contribution < 1.29 is 0 Å². The molecule has 1 rings (SSSR count). The fourth-order valence-corrected chi connectivity index (χ4v) is 1.20. The molecule has 0 saturated carbocycles. The standard InChI is InChI=1S/C14H17/c1-2-3-4-5-6-8-11-14-12-9-7-10-13-14/h2-3,5-7,9-13H,4,8H2,1H3/b3-2-,6-5+. The SMILES string of the molecule is C/C=C\C/C=C/C[CH]c1ccccc1. The third-order valence-corrected chi connectivity index (χ3v) is 1.96. The Morgan fingerprint density at radius 1 is 0.929 bits per heavy atom. The van der Waals surface area contributed by atoms with Gasteiger partial charge in [0.1, 0.15) is 0 Å². The number of hydrogen-bond donors (Lipinski definition) is 0. The summed E-state index contributed by atoms with van der Waals surface area (Å²) in [6, 6.07) is 10.4. The van der Waals surface area contributed by atoms with Crippen molar-refractivity contribution in [3.63, 3.8) is 0 Å². The lowest BCUT2D eigenvalue weighted by molar-refractivity contribution is 1.22. The fraction of sp³-hybridized carbons (Fsp3) is 0.214. The molecule has 0 heterocycles. The molecule has 0 nitrogen and oxygen atoms in total. The van der Waals surface area contributed by atoms with Gasteiger partial charge in [0.2, 0.25) is 0 Å².